The van der Waals surface area contributed by atoms with Crippen molar-refractivity contribution in [3.05, 3.63) is 105 Å². The molecule has 9 heteroatoms. The zero-order valence-electron chi connectivity index (χ0n) is 22.8. The highest BCUT2D eigenvalue weighted by Gasteiger charge is 2.44. The number of carboxylic acid groups (broad SMARTS) is 1. The van der Waals surface area contributed by atoms with E-state index in [0.717, 1.165) is 44.5 Å². The predicted molar refractivity (Wildman–Crippen MR) is 164 cm³/mol. The number of benzene rings is 3. The lowest BCUT2D eigenvalue weighted by atomic mass is 9.71. The molecule has 0 atom stereocenters. The van der Waals surface area contributed by atoms with Crippen molar-refractivity contribution in [2.45, 2.75) is 49.5 Å². The third kappa shape index (κ3) is 7.82. The van der Waals surface area contributed by atoms with Crippen LogP contribution in [0.4, 0.5) is 0 Å². The van der Waals surface area contributed by atoms with Crippen LogP contribution in [-0.4, -0.2) is 53.2 Å². The Hall–Kier alpha value is -2.61. The molecule has 41 heavy (non-hydrogen) atoms. The highest BCUT2D eigenvalue weighted by Crippen LogP contribution is 2.38. The minimum atomic E-state index is -1.58. The summed E-state index contributed by atoms with van der Waals surface area (Å²) in [4.78, 5) is 28.2. The van der Waals surface area contributed by atoms with Gasteiger partial charge in [0.05, 0.1) is 12.0 Å². The summed E-state index contributed by atoms with van der Waals surface area (Å²) >= 11 is 18.1. The Bertz CT molecular complexity index is 1260. The molecule has 218 valence electrons. The lowest BCUT2D eigenvalue weighted by Gasteiger charge is -2.38. The van der Waals surface area contributed by atoms with E-state index in [9.17, 15) is 19.8 Å². The number of piperidine rings is 1. The van der Waals surface area contributed by atoms with Gasteiger partial charge < -0.3 is 20.4 Å². The van der Waals surface area contributed by atoms with Crippen LogP contribution in [0.25, 0.3) is 0 Å². The average molecular weight is 618 g/mol. The number of aliphatic hydroxyl groups is 1. The maximum atomic E-state index is 13.1. The molecular weight excluding hydrogens is 583 g/mol. The first-order chi connectivity index (χ1) is 19.6. The molecule has 6 nitrogen and oxygen atoms in total. The van der Waals surface area contributed by atoms with E-state index in [2.05, 4.69) is 10.2 Å². The van der Waals surface area contributed by atoms with Gasteiger partial charge in [-0.05, 0) is 85.3 Å². The number of likely N-dealkylation sites (tertiary alicyclic amines) is 1. The van der Waals surface area contributed by atoms with Gasteiger partial charge in [0.1, 0.15) is 5.41 Å². The molecule has 0 saturated carbocycles. The molecule has 0 bridgehead atoms. The van der Waals surface area contributed by atoms with Crippen LogP contribution in [0.2, 0.25) is 15.1 Å². The van der Waals surface area contributed by atoms with E-state index >= 15 is 0 Å². The number of hydrogen-bond acceptors (Lipinski definition) is 4. The number of nitrogens with one attached hydrogen (secondary N) is 1. The molecule has 3 N–H and O–H groups in total. The van der Waals surface area contributed by atoms with Crippen molar-refractivity contribution < 1.29 is 19.8 Å². The van der Waals surface area contributed by atoms with Gasteiger partial charge in [0.2, 0.25) is 5.91 Å². The number of amides is 1. The fourth-order valence-electron chi connectivity index (χ4n) is 5.53. The van der Waals surface area contributed by atoms with Crippen molar-refractivity contribution >= 4 is 46.7 Å². The Kier molecular flexibility index (Phi) is 10.7. The van der Waals surface area contributed by atoms with Crippen molar-refractivity contribution in [1.82, 2.24) is 10.2 Å². The van der Waals surface area contributed by atoms with Crippen LogP contribution >= 0.6 is 34.8 Å². The Labute approximate surface area is 256 Å². The van der Waals surface area contributed by atoms with Gasteiger partial charge in [0.25, 0.3) is 0 Å². The number of carboxylic acids is 1. The van der Waals surface area contributed by atoms with E-state index in [-0.39, 0.29) is 12.3 Å². The van der Waals surface area contributed by atoms with Crippen LogP contribution < -0.4 is 5.32 Å². The number of nitrogens with zero attached hydrogens (tertiary/aromatic N) is 1. The highest BCUT2D eigenvalue weighted by atomic mass is 35.5. The van der Waals surface area contributed by atoms with Crippen molar-refractivity contribution in [3.8, 4) is 0 Å². The van der Waals surface area contributed by atoms with Gasteiger partial charge in [0, 0.05) is 34.7 Å². The Balaban J connectivity index is 1.25. The molecule has 1 heterocycles. The number of carbonyl (C=O) groups excluding carboxylic acids is 1. The molecule has 1 aliphatic rings. The highest BCUT2D eigenvalue weighted by molar-refractivity contribution is 6.31. The standard InChI is InChI=1S/C32H35Cl3N2O4/c33-26-10-4-23(5-11-26)31(41)16-20-37(21-17-31)19-3-1-2-18-36-29(38)22-32(30(39)40,24-6-12-27(34)13-7-24)25-8-14-28(35)15-9-25/h4-15,41H,1-3,16-22H2,(H,36,38)(H,39,40). The van der Waals surface area contributed by atoms with Gasteiger partial charge in [-0.2, -0.15) is 0 Å². The summed E-state index contributed by atoms with van der Waals surface area (Å²) in [5, 5.41) is 26.0. The average Bonchev–Trinajstić information content (AvgIpc) is 2.96. The molecule has 0 radical (unpaired) electrons. The Morgan fingerprint density at radius 2 is 1.27 bits per heavy atom. The summed E-state index contributed by atoms with van der Waals surface area (Å²) in [5.74, 6) is -1.46. The minimum absolute atomic E-state index is 0.254. The summed E-state index contributed by atoms with van der Waals surface area (Å²) in [7, 11) is 0. The molecule has 3 aromatic carbocycles. The van der Waals surface area contributed by atoms with E-state index in [0.29, 0.717) is 45.6 Å². The molecular formula is C32H35Cl3N2O4. The number of rotatable bonds is 12. The fraction of sp³-hybridized carbons (Fsp3) is 0.375. The van der Waals surface area contributed by atoms with Gasteiger partial charge in [-0.3, -0.25) is 9.59 Å². The number of carbonyl (C=O) groups is 2. The van der Waals surface area contributed by atoms with Crippen LogP contribution in [0.15, 0.2) is 72.8 Å². The van der Waals surface area contributed by atoms with Gasteiger partial charge in [0.15, 0.2) is 0 Å². The van der Waals surface area contributed by atoms with Crippen molar-refractivity contribution in [2.75, 3.05) is 26.2 Å². The first-order valence-electron chi connectivity index (χ1n) is 13.9. The molecule has 0 aliphatic carbocycles. The Morgan fingerprint density at radius 1 is 0.780 bits per heavy atom. The Morgan fingerprint density at radius 3 is 1.76 bits per heavy atom. The largest absolute Gasteiger partial charge is 0.480 e. The maximum Gasteiger partial charge on any atom is 0.319 e. The summed E-state index contributed by atoms with van der Waals surface area (Å²) in [6.07, 6.45) is 3.79. The number of unbranched alkanes of at least 4 members (excludes halogenated alkanes) is 2. The molecule has 0 aromatic heterocycles. The van der Waals surface area contributed by atoms with Crippen molar-refractivity contribution in [3.63, 3.8) is 0 Å². The smallest absolute Gasteiger partial charge is 0.319 e. The second-order valence-electron chi connectivity index (χ2n) is 10.7. The second kappa shape index (κ2) is 14.0. The zero-order chi connectivity index (χ0) is 29.5. The van der Waals surface area contributed by atoms with Crippen LogP contribution in [0.3, 0.4) is 0 Å². The normalized spacial score (nSPS) is 15.4. The van der Waals surface area contributed by atoms with E-state index in [4.69, 9.17) is 34.8 Å². The molecule has 3 aromatic rings. The summed E-state index contributed by atoms with van der Waals surface area (Å²) in [5.41, 5.74) is -0.542. The number of hydrogen-bond donors (Lipinski definition) is 3. The number of aliphatic carboxylic acids is 1. The lowest BCUT2D eigenvalue weighted by molar-refractivity contribution is -0.144. The van der Waals surface area contributed by atoms with E-state index < -0.39 is 17.0 Å². The summed E-state index contributed by atoms with van der Waals surface area (Å²) in [6, 6.07) is 20.5. The van der Waals surface area contributed by atoms with Gasteiger partial charge in [-0.25, -0.2) is 0 Å². The third-order valence-corrected chi connectivity index (χ3v) is 8.76. The monoisotopic (exact) mass is 616 g/mol. The maximum absolute atomic E-state index is 13.1. The quantitative estimate of drug-likeness (QED) is 0.197. The first kappa shape index (κ1) is 31.3. The van der Waals surface area contributed by atoms with Crippen LogP contribution in [0.1, 0.15) is 55.2 Å². The van der Waals surface area contributed by atoms with Crippen LogP contribution in [-0.2, 0) is 20.6 Å². The van der Waals surface area contributed by atoms with E-state index in [1.54, 1.807) is 48.5 Å². The van der Waals surface area contributed by atoms with Gasteiger partial charge in [-0.15, -0.1) is 0 Å². The molecule has 1 aliphatic heterocycles. The number of halogens is 3. The SMILES string of the molecule is O=C(CC(C(=O)O)(c1ccc(Cl)cc1)c1ccc(Cl)cc1)NCCCCCN1CCC(O)(c2ccc(Cl)cc2)CC1. The zero-order valence-corrected chi connectivity index (χ0v) is 25.1. The fourth-order valence-corrected chi connectivity index (χ4v) is 5.90. The molecule has 1 saturated heterocycles. The van der Waals surface area contributed by atoms with E-state index in [1.807, 2.05) is 24.3 Å². The molecule has 1 fully saturated rings. The predicted octanol–water partition coefficient (Wildman–Crippen LogP) is 6.68. The van der Waals surface area contributed by atoms with Crippen LogP contribution in [0.5, 0.6) is 0 Å². The van der Waals surface area contributed by atoms with E-state index in [1.165, 1.54) is 0 Å². The van der Waals surface area contributed by atoms with Crippen molar-refractivity contribution in [1.29, 1.82) is 0 Å². The molecule has 0 spiro atoms. The topological polar surface area (TPSA) is 89.9 Å². The third-order valence-electron chi connectivity index (χ3n) is 8.00. The molecule has 1 amide bonds. The van der Waals surface area contributed by atoms with Gasteiger partial charge >= 0.3 is 5.97 Å². The van der Waals surface area contributed by atoms with Crippen molar-refractivity contribution in [2.24, 2.45) is 0 Å². The molecule has 4 rings (SSSR count). The lowest BCUT2D eigenvalue weighted by Crippen LogP contribution is -2.43. The van der Waals surface area contributed by atoms with Gasteiger partial charge in [-0.1, -0.05) is 77.6 Å². The first-order valence-corrected chi connectivity index (χ1v) is 15.0. The summed E-state index contributed by atoms with van der Waals surface area (Å²) < 4.78 is 0. The summed E-state index contributed by atoms with van der Waals surface area (Å²) in [6.45, 7) is 3.04. The minimum Gasteiger partial charge on any atom is -0.480 e. The van der Waals surface area contributed by atoms with Crippen LogP contribution in [0, 0.1) is 0 Å². The second-order valence-corrected chi connectivity index (χ2v) is 12.0. The molecule has 0 unspecified atom stereocenters.